The van der Waals surface area contributed by atoms with Crippen LogP contribution in [-0.2, 0) is 17.3 Å². The van der Waals surface area contributed by atoms with Crippen molar-refractivity contribution in [1.29, 1.82) is 0 Å². The highest BCUT2D eigenvalue weighted by Gasteiger charge is 2.07. The van der Waals surface area contributed by atoms with Gasteiger partial charge in [-0.25, -0.2) is 4.68 Å². The zero-order chi connectivity index (χ0) is 9.14. The summed E-state index contributed by atoms with van der Waals surface area (Å²) in [6.07, 6.45) is 1.66. The predicted molar refractivity (Wildman–Crippen MR) is 48.7 cm³/mol. The smallest absolute Gasteiger partial charge is 0.238 e. The van der Waals surface area contributed by atoms with Crippen LogP contribution in [0.1, 0.15) is 6.92 Å². The van der Waals surface area contributed by atoms with Crippen molar-refractivity contribution in [1.82, 2.24) is 20.2 Å². The minimum atomic E-state index is -0.846. The SMILES string of the molecule is CC(Cn1[nH]nnc1=S)S(C)=O. The summed E-state index contributed by atoms with van der Waals surface area (Å²) < 4.78 is 13.0. The van der Waals surface area contributed by atoms with Gasteiger partial charge in [-0.15, -0.1) is 0 Å². The summed E-state index contributed by atoms with van der Waals surface area (Å²) in [5.41, 5.74) is 0. The van der Waals surface area contributed by atoms with Gasteiger partial charge in [0, 0.05) is 17.1 Å². The Balaban J connectivity index is 2.70. The van der Waals surface area contributed by atoms with Gasteiger partial charge in [-0.05, 0) is 19.1 Å². The second-order valence-corrected chi connectivity index (χ2v) is 4.67. The monoisotopic (exact) mass is 206 g/mol. The first-order valence-corrected chi connectivity index (χ1v) is 5.44. The molecule has 0 saturated carbocycles. The Labute approximate surface area is 77.6 Å². The molecule has 0 aliphatic rings. The van der Waals surface area contributed by atoms with E-state index in [0.717, 1.165) is 0 Å². The second-order valence-electron chi connectivity index (χ2n) is 2.50. The molecule has 0 amide bonds. The molecule has 0 radical (unpaired) electrons. The molecule has 0 aromatic carbocycles. The molecule has 2 atom stereocenters. The summed E-state index contributed by atoms with van der Waals surface area (Å²) in [6, 6.07) is 0. The lowest BCUT2D eigenvalue weighted by Gasteiger charge is -2.06. The van der Waals surface area contributed by atoms with E-state index in [-0.39, 0.29) is 5.25 Å². The molecule has 5 nitrogen and oxygen atoms in total. The van der Waals surface area contributed by atoms with Crippen LogP contribution < -0.4 is 0 Å². The zero-order valence-electron chi connectivity index (χ0n) is 6.85. The number of hydrogen-bond acceptors (Lipinski definition) is 4. The summed E-state index contributed by atoms with van der Waals surface area (Å²) >= 11 is 4.85. The van der Waals surface area contributed by atoms with Gasteiger partial charge in [-0.2, -0.15) is 5.21 Å². The highest BCUT2D eigenvalue weighted by molar-refractivity contribution is 7.84. The van der Waals surface area contributed by atoms with Gasteiger partial charge >= 0.3 is 0 Å². The topological polar surface area (TPSA) is 63.6 Å². The van der Waals surface area contributed by atoms with Crippen molar-refractivity contribution >= 4 is 23.0 Å². The Morgan fingerprint density at radius 3 is 2.92 bits per heavy atom. The average Bonchev–Trinajstić information content (AvgIpc) is 2.36. The fraction of sp³-hybridized carbons (Fsp3) is 0.800. The normalized spacial score (nSPS) is 15.8. The van der Waals surface area contributed by atoms with Gasteiger partial charge in [-0.1, -0.05) is 10.3 Å². The third-order valence-electron chi connectivity index (χ3n) is 1.54. The van der Waals surface area contributed by atoms with Gasteiger partial charge in [-0.3, -0.25) is 4.21 Å². The number of aromatic amines is 1. The lowest BCUT2D eigenvalue weighted by Crippen LogP contribution is -2.18. The van der Waals surface area contributed by atoms with Crippen LogP contribution in [0.2, 0.25) is 0 Å². The van der Waals surface area contributed by atoms with Crippen molar-refractivity contribution in [2.75, 3.05) is 6.26 Å². The molecule has 2 unspecified atom stereocenters. The summed E-state index contributed by atoms with van der Waals surface area (Å²) in [4.78, 5) is 0. The molecule has 0 bridgehead atoms. The van der Waals surface area contributed by atoms with Crippen LogP contribution >= 0.6 is 12.2 Å². The molecule has 1 rings (SSSR count). The molecule has 0 saturated heterocycles. The van der Waals surface area contributed by atoms with Crippen LogP contribution in [0.4, 0.5) is 0 Å². The van der Waals surface area contributed by atoms with Gasteiger partial charge < -0.3 is 0 Å². The maximum absolute atomic E-state index is 11.0. The van der Waals surface area contributed by atoms with Crippen LogP contribution in [0.15, 0.2) is 0 Å². The number of H-pyrrole nitrogens is 1. The first-order chi connectivity index (χ1) is 5.61. The molecule has 0 fully saturated rings. The summed E-state index contributed by atoms with van der Waals surface area (Å²) in [6.45, 7) is 2.45. The van der Waals surface area contributed by atoms with Crippen molar-refractivity contribution in [3.63, 3.8) is 0 Å². The van der Waals surface area contributed by atoms with Crippen LogP contribution in [-0.4, -0.2) is 35.9 Å². The zero-order valence-corrected chi connectivity index (χ0v) is 8.48. The summed E-state index contributed by atoms with van der Waals surface area (Å²) in [5, 5.41) is 9.78. The molecular weight excluding hydrogens is 196 g/mol. The van der Waals surface area contributed by atoms with E-state index in [4.69, 9.17) is 12.2 Å². The van der Waals surface area contributed by atoms with E-state index in [2.05, 4.69) is 15.5 Å². The molecule has 0 aliphatic heterocycles. The maximum atomic E-state index is 11.0. The standard InChI is InChI=1S/C5H10N4OS2/c1-4(12(2)10)3-9-5(11)6-7-8-9/h4H,3H2,1-2H3,(H,6,8,11). The molecule has 12 heavy (non-hydrogen) atoms. The largest absolute Gasteiger partial charge is 0.260 e. The molecule has 0 spiro atoms. The lowest BCUT2D eigenvalue weighted by atomic mass is 10.5. The third kappa shape index (κ3) is 2.21. The first kappa shape index (κ1) is 9.53. The third-order valence-corrected chi connectivity index (χ3v) is 3.12. The number of hydrogen-bond donors (Lipinski definition) is 1. The van der Waals surface area contributed by atoms with E-state index in [1.807, 2.05) is 6.92 Å². The Morgan fingerprint density at radius 2 is 2.50 bits per heavy atom. The maximum Gasteiger partial charge on any atom is 0.238 e. The first-order valence-electron chi connectivity index (χ1n) is 3.41. The van der Waals surface area contributed by atoms with Gasteiger partial charge in [0.05, 0.1) is 11.8 Å². The summed E-state index contributed by atoms with van der Waals surface area (Å²) in [7, 11) is -0.846. The molecule has 68 valence electrons. The summed E-state index contributed by atoms with van der Waals surface area (Å²) in [5.74, 6) is 0. The molecular formula is C5H10N4OS2. The fourth-order valence-corrected chi connectivity index (χ4v) is 1.21. The average molecular weight is 206 g/mol. The molecule has 0 aliphatic carbocycles. The number of aromatic nitrogens is 4. The number of tetrazole rings is 1. The van der Waals surface area contributed by atoms with E-state index in [1.165, 1.54) is 0 Å². The number of nitrogens with zero attached hydrogens (tertiary/aromatic N) is 3. The minimum Gasteiger partial charge on any atom is -0.260 e. The lowest BCUT2D eigenvalue weighted by molar-refractivity contribution is 0.570. The molecule has 1 N–H and O–H groups in total. The van der Waals surface area contributed by atoms with E-state index in [0.29, 0.717) is 11.3 Å². The Hall–Kier alpha value is -0.560. The van der Waals surface area contributed by atoms with Gasteiger partial charge in [0.25, 0.3) is 0 Å². The Kier molecular flexibility index (Phi) is 3.10. The fourth-order valence-electron chi connectivity index (χ4n) is 0.697. The van der Waals surface area contributed by atoms with E-state index in [9.17, 15) is 4.21 Å². The van der Waals surface area contributed by atoms with E-state index < -0.39 is 10.8 Å². The van der Waals surface area contributed by atoms with Crippen LogP contribution in [0, 0.1) is 4.77 Å². The van der Waals surface area contributed by atoms with E-state index >= 15 is 0 Å². The highest BCUT2D eigenvalue weighted by atomic mass is 32.2. The van der Waals surface area contributed by atoms with Gasteiger partial charge in [0.1, 0.15) is 0 Å². The van der Waals surface area contributed by atoms with Crippen molar-refractivity contribution in [3.8, 4) is 0 Å². The van der Waals surface area contributed by atoms with Crippen LogP contribution in [0.5, 0.6) is 0 Å². The molecule has 1 heterocycles. The predicted octanol–water partition coefficient (Wildman–Crippen LogP) is 0.103. The number of rotatable bonds is 3. The van der Waals surface area contributed by atoms with Crippen molar-refractivity contribution in [2.45, 2.75) is 18.7 Å². The van der Waals surface area contributed by atoms with Crippen LogP contribution in [0.3, 0.4) is 0 Å². The van der Waals surface area contributed by atoms with Crippen molar-refractivity contribution in [3.05, 3.63) is 4.77 Å². The van der Waals surface area contributed by atoms with Crippen molar-refractivity contribution in [2.24, 2.45) is 0 Å². The van der Waals surface area contributed by atoms with Crippen LogP contribution in [0.25, 0.3) is 0 Å². The van der Waals surface area contributed by atoms with Gasteiger partial charge in [0.2, 0.25) is 4.77 Å². The molecule has 1 aromatic heterocycles. The Morgan fingerprint density at radius 1 is 1.83 bits per heavy atom. The Bertz CT molecular complexity index is 330. The molecule has 7 heteroatoms. The van der Waals surface area contributed by atoms with Crippen molar-refractivity contribution < 1.29 is 4.21 Å². The van der Waals surface area contributed by atoms with Gasteiger partial charge in [0.15, 0.2) is 0 Å². The minimum absolute atomic E-state index is 0.0546. The molecule has 1 aromatic rings. The number of nitrogens with one attached hydrogen (secondary N) is 1. The second kappa shape index (κ2) is 3.90. The van der Waals surface area contributed by atoms with E-state index in [1.54, 1.807) is 10.9 Å². The highest BCUT2D eigenvalue weighted by Crippen LogP contribution is 1.96. The quantitative estimate of drug-likeness (QED) is 0.713.